The van der Waals surface area contributed by atoms with E-state index in [1.807, 2.05) is 0 Å². The van der Waals surface area contributed by atoms with Gasteiger partial charge in [-0.2, -0.15) is 0 Å². The zero-order chi connectivity index (χ0) is 13.1. The van der Waals surface area contributed by atoms with Crippen molar-refractivity contribution in [3.8, 4) is 0 Å². The molecule has 6 nitrogen and oxygen atoms in total. The Kier molecular flexibility index (Phi) is 4.91. The molecule has 1 fully saturated rings. The summed E-state index contributed by atoms with van der Waals surface area (Å²) in [7, 11) is -1.75. The van der Waals surface area contributed by atoms with Crippen LogP contribution in [0.4, 0.5) is 0 Å². The summed E-state index contributed by atoms with van der Waals surface area (Å²) in [5, 5.41) is 6.84. The molecular formula is C10H21N3O3S. The van der Waals surface area contributed by atoms with Crippen molar-refractivity contribution in [2.45, 2.75) is 37.5 Å². The first-order valence-electron chi connectivity index (χ1n) is 5.73. The van der Waals surface area contributed by atoms with E-state index in [1.165, 1.54) is 4.31 Å². The number of hydrogen-bond acceptors (Lipinski definition) is 4. The molecule has 0 spiro atoms. The molecule has 1 saturated heterocycles. The maximum Gasteiger partial charge on any atom is 0.217 e. The molecule has 0 bridgehead atoms. The van der Waals surface area contributed by atoms with Gasteiger partial charge in [-0.1, -0.05) is 0 Å². The molecule has 17 heavy (non-hydrogen) atoms. The third-order valence-electron chi connectivity index (χ3n) is 3.13. The summed E-state index contributed by atoms with van der Waals surface area (Å²) in [5.74, 6) is 0.00604. The number of sulfonamides is 1. The van der Waals surface area contributed by atoms with Crippen LogP contribution in [0, 0.1) is 5.41 Å². The monoisotopic (exact) mass is 263 g/mol. The van der Waals surface area contributed by atoms with Crippen molar-refractivity contribution in [2.24, 2.45) is 5.73 Å². The Hall–Kier alpha value is -0.660. The van der Waals surface area contributed by atoms with Crippen LogP contribution in [0.2, 0.25) is 0 Å². The van der Waals surface area contributed by atoms with Crippen LogP contribution in [0.5, 0.6) is 0 Å². The minimum atomic E-state index is -3.31. The predicted molar refractivity (Wildman–Crippen MR) is 66.5 cm³/mol. The highest BCUT2D eigenvalue weighted by atomic mass is 32.2. The summed E-state index contributed by atoms with van der Waals surface area (Å²) in [4.78, 5) is 0. The normalized spacial score (nSPS) is 20.4. The van der Waals surface area contributed by atoms with Crippen molar-refractivity contribution in [1.82, 2.24) is 4.31 Å². The van der Waals surface area contributed by atoms with E-state index >= 15 is 0 Å². The molecule has 1 rings (SSSR count). The second kappa shape index (κ2) is 5.79. The van der Waals surface area contributed by atoms with E-state index in [4.69, 9.17) is 15.9 Å². The van der Waals surface area contributed by atoms with Gasteiger partial charge in [-0.05, 0) is 19.8 Å². The van der Waals surface area contributed by atoms with Crippen LogP contribution >= 0.6 is 0 Å². The molecule has 100 valence electrons. The molecule has 7 heteroatoms. The van der Waals surface area contributed by atoms with E-state index in [9.17, 15) is 8.42 Å². The summed E-state index contributed by atoms with van der Waals surface area (Å²) in [6.45, 7) is 2.76. The number of hydrogen-bond donors (Lipinski definition) is 2. The molecule has 3 N–H and O–H groups in total. The fourth-order valence-electron chi connectivity index (χ4n) is 1.91. The van der Waals surface area contributed by atoms with Crippen LogP contribution in [0.1, 0.15) is 26.2 Å². The largest absolute Gasteiger partial charge is 0.388 e. The second-order valence-electron chi connectivity index (χ2n) is 4.45. The maximum atomic E-state index is 12.3. The molecule has 0 aromatic rings. The van der Waals surface area contributed by atoms with E-state index in [0.29, 0.717) is 26.1 Å². The Labute approximate surface area is 103 Å². The average Bonchev–Trinajstić information content (AvgIpc) is 2.28. The molecule has 1 heterocycles. The lowest BCUT2D eigenvalue weighted by Crippen LogP contribution is -2.44. The highest BCUT2D eigenvalue weighted by Crippen LogP contribution is 2.21. The molecule has 0 radical (unpaired) electrons. The molecular weight excluding hydrogens is 242 g/mol. The van der Waals surface area contributed by atoms with Gasteiger partial charge >= 0.3 is 0 Å². The number of rotatable bonds is 5. The minimum Gasteiger partial charge on any atom is -0.388 e. The van der Waals surface area contributed by atoms with Crippen LogP contribution in [0.3, 0.4) is 0 Å². The van der Waals surface area contributed by atoms with E-state index in [0.717, 1.165) is 0 Å². The van der Waals surface area contributed by atoms with Crippen LogP contribution < -0.4 is 5.73 Å². The molecule has 1 unspecified atom stereocenters. The summed E-state index contributed by atoms with van der Waals surface area (Å²) < 4.78 is 31.0. The number of nitrogens with two attached hydrogens (primary N) is 1. The summed E-state index contributed by atoms with van der Waals surface area (Å²) in [5.41, 5.74) is 5.29. The summed E-state index contributed by atoms with van der Waals surface area (Å²) >= 11 is 0. The predicted octanol–water partition coefficient (Wildman–Crippen LogP) is 0.142. The van der Waals surface area contributed by atoms with Gasteiger partial charge in [-0.15, -0.1) is 0 Å². The Balaban J connectivity index is 2.71. The van der Waals surface area contributed by atoms with Gasteiger partial charge in [0.2, 0.25) is 10.0 Å². The Morgan fingerprint density at radius 2 is 2.06 bits per heavy atom. The number of nitrogens with one attached hydrogen (secondary N) is 1. The Morgan fingerprint density at radius 1 is 1.53 bits per heavy atom. The number of ether oxygens (including phenoxy) is 1. The van der Waals surface area contributed by atoms with E-state index < -0.39 is 10.0 Å². The number of amidine groups is 1. The zero-order valence-corrected chi connectivity index (χ0v) is 11.2. The van der Waals surface area contributed by atoms with Gasteiger partial charge < -0.3 is 10.5 Å². The van der Waals surface area contributed by atoms with Crippen LogP contribution in [0.25, 0.3) is 0 Å². The van der Waals surface area contributed by atoms with E-state index in [2.05, 4.69) is 0 Å². The molecule has 1 aliphatic rings. The van der Waals surface area contributed by atoms with Crippen LogP contribution in [0.15, 0.2) is 0 Å². The van der Waals surface area contributed by atoms with Crippen molar-refractivity contribution in [1.29, 1.82) is 5.41 Å². The first-order chi connectivity index (χ1) is 7.85. The van der Waals surface area contributed by atoms with E-state index in [1.54, 1.807) is 14.0 Å². The van der Waals surface area contributed by atoms with E-state index in [-0.39, 0.29) is 23.5 Å². The van der Waals surface area contributed by atoms with Crippen LogP contribution in [-0.2, 0) is 14.8 Å². The van der Waals surface area contributed by atoms with Gasteiger partial charge in [-0.25, -0.2) is 12.7 Å². The summed E-state index contributed by atoms with van der Waals surface area (Å²) in [6, 6.07) is -0.277. The molecule has 0 saturated carbocycles. The SMILES string of the molecule is CC(CC(=N)N)N(C)S(=O)(=O)C1CCOCC1. The lowest BCUT2D eigenvalue weighted by molar-refractivity contribution is 0.0971. The van der Waals surface area contributed by atoms with Gasteiger partial charge in [-0.3, -0.25) is 5.41 Å². The molecule has 1 atom stereocenters. The van der Waals surface area contributed by atoms with Crippen molar-refractivity contribution < 1.29 is 13.2 Å². The molecule has 1 aliphatic heterocycles. The lowest BCUT2D eigenvalue weighted by Gasteiger charge is -2.30. The topological polar surface area (TPSA) is 96.5 Å². The average molecular weight is 263 g/mol. The van der Waals surface area contributed by atoms with Crippen molar-refractivity contribution >= 4 is 15.9 Å². The fraction of sp³-hybridized carbons (Fsp3) is 0.900. The standard InChI is InChI=1S/C10H21N3O3S/c1-8(7-10(11)12)13(2)17(14,15)9-3-5-16-6-4-9/h8-9H,3-7H2,1-2H3,(H3,11,12). The van der Waals surface area contributed by atoms with Gasteiger partial charge in [0.25, 0.3) is 0 Å². The Bertz CT molecular complexity index is 363. The van der Waals surface area contributed by atoms with Gasteiger partial charge in [0.1, 0.15) is 0 Å². The molecule has 0 aromatic heterocycles. The zero-order valence-electron chi connectivity index (χ0n) is 10.3. The first-order valence-corrected chi connectivity index (χ1v) is 7.23. The quantitative estimate of drug-likeness (QED) is 0.544. The lowest BCUT2D eigenvalue weighted by atomic mass is 10.2. The Morgan fingerprint density at radius 3 is 2.53 bits per heavy atom. The molecule has 0 aliphatic carbocycles. The first kappa shape index (κ1) is 14.4. The molecule has 0 aromatic carbocycles. The molecule has 0 amide bonds. The van der Waals surface area contributed by atoms with Crippen molar-refractivity contribution in [3.05, 3.63) is 0 Å². The maximum absolute atomic E-state index is 12.3. The minimum absolute atomic E-state index is 0.00604. The number of nitrogens with zero attached hydrogens (tertiary/aromatic N) is 1. The van der Waals surface area contributed by atoms with Gasteiger partial charge in [0.15, 0.2) is 0 Å². The highest BCUT2D eigenvalue weighted by Gasteiger charge is 2.33. The van der Waals surface area contributed by atoms with Gasteiger partial charge in [0, 0.05) is 32.7 Å². The third kappa shape index (κ3) is 3.65. The third-order valence-corrected chi connectivity index (χ3v) is 5.60. The second-order valence-corrected chi connectivity index (χ2v) is 6.72. The highest BCUT2D eigenvalue weighted by molar-refractivity contribution is 7.89. The van der Waals surface area contributed by atoms with Crippen molar-refractivity contribution in [3.63, 3.8) is 0 Å². The van der Waals surface area contributed by atoms with Crippen LogP contribution in [-0.4, -0.2) is 50.1 Å². The fourth-order valence-corrected chi connectivity index (χ4v) is 3.74. The van der Waals surface area contributed by atoms with Crippen molar-refractivity contribution in [2.75, 3.05) is 20.3 Å². The van der Waals surface area contributed by atoms with Gasteiger partial charge in [0.05, 0.1) is 11.1 Å². The smallest absolute Gasteiger partial charge is 0.217 e. The summed E-state index contributed by atoms with van der Waals surface area (Å²) in [6.07, 6.45) is 1.35.